The maximum atomic E-state index is 6.05. The molecule has 1 aromatic heterocycles. The Morgan fingerprint density at radius 3 is 3.21 bits per heavy atom. The smallest absolute Gasteiger partial charge is 0.161 e. The van der Waals surface area contributed by atoms with Crippen LogP contribution in [0.4, 0.5) is 5.82 Å². The van der Waals surface area contributed by atoms with Crippen LogP contribution < -0.4 is 5.73 Å². The molecule has 5 nitrogen and oxygen atoms in total. The molecule has 2 unspecified atom stereocenters. The molecule has 6 heteroatoms. The van der Waals surface area contributed by atoms with Gasteiger partial charge in [0, 0.05) is 29.7 Å². The van der Waals surface area contributed by atoms with Gasteiger partial charge in [0.25, 0.3) is 0 Å². The van der Waals surface area contributed by atoms with Gasteiger partial charge in [-0.15, -0.1) is 0 Å². The van der Waals surface area contributed by atoms with E-state index in [1.807, 2.05) is 11.8 Å². The van der Waals surface area contributed by atoms with E-state index in [1.165, 1.54) is 19.4 Å². The first-order chi connectivity index (χ1) is 9.31. The lowest BCUT2D eigenvalue weighted by atomic mass is 10.1. The number of morpholine rings is 1. The quantitative estimate of drug-likeness (QED) is 0.836. The lowest BCUT2D eigenvalue weighted by molar-refractivity contribution is -0.0541. The summed E-state index contributed by atoms with van der Waals surface area (Å²) in [5.74, 6) is 3.33. The Bertz CT molecular complexity index is 510. The van der Waals surface area contributed by atoms with Crippen molar-refractivity contribution in [1.29, 1.82) is 0 Å². The van der Waals surface area contributed by atoms with Crippen molar-refractivity contribution in [1.82, 2.24) is 14.9 Å². The minimum atomic E-state index is -0.00690. The number of aromatic nitrogens is 2. The highest BCUT2D eigenvalue weighted by molar-refractivity contribution is 7.98. The summed E-state index contributed by atoms with van der Waals surface area (Å²) in [6.45, 7) is 2.90. The summed E-state index contributed by atoms with van der Waals surface area (Å²) in [4.78, 5) is 11.7. The molecule has 1 aromatic rings. The van der Waals surface area contributed by atoms with Gasteiger partial charge < -0.3 is 10.5 Å². The van der Waals surface area contributed by atoms with Gasteiger partial charge in [-0.2, -0.15) is 11.8 Å². The number of nitrogens with zero attached hydrogens (tertiary/aromatic N) is 3. The van der Waals surface area contributed by atoms with E-state index in [9.17, 15) is 0 Å². The first-order valence-corrected chi connectivity index (χ1v) is 8.05. The van der Waals surface area contributed by atoms with Crippen LogP contribution in [0.5, 0.6) is 0 Å². The summed E-state index contributed by atoms with van der Waals surface area (Å²) in [6.07, 6.45) is 2.54. The number of nitrogens with two attached hydrogens (primary N) is 1. The van der Waals surface area contributed by atoms with Gasteiger partial charge >= 0.3 is 0 Å². The number of thioether (sulfide) groups is 1. The standard InChI is InChI=1S/C13H18N4OS/c14-12-9-6-19-7-10(9)15-13(16-12)11-4-17-3-1-2-8(17)5-18-11/h8,11H,1-7H2,(H2,14,15,16). The number of fused-ring (bicyclic) bond motifs is 2. The molecule has 102 valence electrons. The highest BCUT2D eigenvalue weighted by Crippen LogP contribution is 2.34. The van der Waals surface area contributed by atoms with E-state index in [1.54, 1.807) is 0 Å². The van der Waals surface area contributed by atoms with Crippen molar-refractivity contribution in [2.75, 3.05) is 25.4 Å². The van der Waals surface area contributed by atoms with Gasteiger partial charge in [0.05, 0.1) is 12.3 Å². The molecule has 2 atom stereocenters. The number of nitrogen functional groups attached to an aromatic ring is 1. The van der Waals surface area contributed by atoms with Gasteiger partial charge in [-0.1, -0.05) is 0 Å². The predicted octanol–water partition coefficient (Wildman–Crippen LogP) is 1.34. The molecule has 4 heterocycles. The van der Waals surface area contributed by atoms with Crippen molar-refractivity contribution in [3.63, 3.8) is 0 Å². The van der Waals surface area contributed by atoms with E-state index in [4.69, 9.17) is 10.5 Å². The molecule has 3 aliphatic rings. The lowest BCUT2D eigenvalue weighted by Crippen LogP contribution is -2.43. The zero-order chi connectivity index (χ0) is 12.8. The third-order valence-corrected chi connectivity index (χ3v) is 5.27. The lowest BCUT2D eigenvalue weighted by Gasteiger charge is -2.34. The van der Waals surface area contributed by atoms with Gasteiger partial charge in [-0.3, -0.25) is 4.90 Å². The molecule has 0 radical (unpaired) electrons. The number of ether oxygens (including phenoxy) is 1. The molecule has 0 saturated carbocycles. The summed E-state index contributed by atoms with van der Waals surface area (Å²) in [5.41, 5.74) is 8.29. The molecule has 0 aliphatic carbocycles. The van der Waals surface area contributed by atoms with E-state index >= 15 is 0 Å². The van der Waals surface area contributed by atoms with Gasteiger partial charge in [-0.25, -0.2) is 9.97 Å². The second-order valence-electron chi connectivity index (χ2n) is 5.50. The number of hydrogen-bond acceptors (Lipinski definition) is 6. The molecule has 2 N–H and O–H groups in total. The van der Waals surface area contributed by atoms with Gasteiger partial charge in [0.1, 0.15) is 11.9 Å². The second-order valence-corrected chi connectivity index (χ2v) is 6.48. The van der Waals surface area contributed by atoms with Crippen molar-refractivity contribution >= 4 is 17.6 Å². The maximum Gasteiger partial charge on any atom is 0.161 e. The van der Waals surface area contributed by atoms with Crippen molar-refractivity contribution in [3.8, 4) is 0 Å². The topological polar surface area (TPSA) is 64.3 Å². The van der Waals surface area contributed by atoms with Crippen LogP contribution in [0.3, 0.4) is 0 Å². The fourth-order valence-corrected chi connectivity index (χ4v) is 4.27. The Morgan fingerprint density at radius 2 is 2.26 bits per heavy atom. The normalized spacial score (nSPS) is 30.3. The van der Waals surface area contributed by atoms with E-state index in [0.29, 0.717) is 11.9 Å². The van der Waals surface area contributed by atoms with Crippen LogP contribution in [0, 0.1) is 0 Å². The molecule has 19 heavy (non-hydrogen) atoms. The van der Waals surface area contributed by atoms with Gasteiger partial charge in [0.2, 0.25) is 0 Å². The minimum Gasteiger partial charge on any atom is -0.383 e. The Kier molecular flexibility index (Phi) is 2.90. The molecule has 4 rings (SSSR count). The van der Waals surface area contributed by atoms with Crippen molar-refractivity contribution in [2.45, 2.75) is 36.5 Å². The third-order valence-electron chi connectivity index (χ3n) is 4.30. The number of anilines is 1. The Hall–Kier alpha value is -0.850. The molecule has 3 aliphatic heterocycles. The molecular weight excluding hydrogens is 260 g/mol. The van der Waals surface area contributed by atoms with E-state index in [0.717, 1.165) is 41.7 Å². The molecule has 2 fully saturated rings. The minimum absolute atomic E-state index is 0.00690. The summed E-state index contributed by atoms with van der Waals surface area (Å²) in [5, 5.41) is 0. The predicted molar refractivity (Wildman–Crippen MR) is 74.7 cm³/mol. The fraction of sp³-hybridized carbons (Fsp3) is 0.692. The highest BCUT2D eigenvalue weighted by atomic mass is 32.2. The summed E-state index contributed by atoms with van der Waals surface area (Å²) >= 11 is 1.85. The largest absolute Gasteiger partial charge is 0.383 e. The Labute approximate surface area is 116 Å². The van der Waals surface area contributed by atoms with Crippen molar-refractivity contribution in [3.05, 3.63) is 17.1 Å². The monoisotopic (exact) mass is 278 g/mol. The summed E-state index contributed by atoms with van der Waals surface area (Å²) < 4.78 is 5.96. The maximum absolute atomic E-state index is 6.05. The Balaban J connectivity index is 1.61. The first-order valence-electron chi connectivity index (χ1n) is 6.90. The van der Waals surface area contributed by atoms with Crippen LogP contribution in [0.15, 0.2) is 0 Å². The SMILES string of the molecule is Nc1nc(C2CN3CCCC3CO2)nc2c1CSC2. The first kappa shape index (κ1) is 11.9. The molecular formula is C13H18N4OS. The van der Waals surface area contributed by atoms with Crippen LogP contribution in [0.25, 0.3) is 0 Å². The summed E-state index contributed by atoms with van der Waals surface area (Å²) in [6, 6.07) is 0.610. The zero-order valence-corrected chi connectivity index (χ0v) is 11.7. The van der Waals surface area contributed by atoms with Crippen LogP contribution in [-0.2, 0) is 16.2 Å². The number of hydrogen-bond donors (Lipinski definition) is 1. The summed E-state index contributed by atoms with van der Waals surface area (Å²) in [7, 11) is 0. The molecule has 0 spiro atoms. The van der Waals surface area contributed by atoms with E-state index in [2.05, 4.69) is 14.9 Å². The van der Waals surface area contributed by atoms with Crippen LogP contribution >= 0.6 is 11.8 Å². The van der Waals surface area contributed by atoms with Crippen LogP contribution in [-0.4, -0.2) is 40.6 Å². The Morgan fingerprint density at radius 1 is 1.32 bits per heavy atom. The van der Waals surface area contributed by atoms with E-state index in [-0.39, 0.29) is 6.10 Å². The van der Waals surface area contributed by atoms with Crippen molar-refractivity contribution in [2.24, 2.45) is 0 Å². The van der Waals surface area contributed by atoms with Crippen molar-refractivity contribution < 1.29 is 4.74 Å². The van der Waals surface area contributed by atoms with E-state index < -0.39 is 0 Å². The second kappa shape index (κ2) is 4.61. The fourth-order valence-electron chi connectivity index (χ4n) is 3.21. The van der Waals surface area contributed by atoms with Gasteiger partial charge in [-0.05, 0) is 19.4 Å². The van der Waals surface area contributed by atoms with Crippen LogP contribution in [0.2, 0.25) is 0 Å². The highest BCUT2D eigenvalue weighted by Gasteiger charge is 2.34. The van der Waals surface area contributed by atoms with Crippen LogP contribution in [0.1, 0.15) is 36.0 Å². The molecule has 0 amide bonds. The molecule has 0 bridgehead atoms. The average molecular weight is 278 g/mol. The zero-order valence-electron chi connectivity index (χ0n) is 10.8. The molecule has 0 aromatic carbocycles. The average Bonchev–Trinajstić information content (AvgIpc) is 3.06. The third kappa shape index (κ3) is 2.02. The molecule has 2 saturated heterocycles. The number of rotatable bonds is 1. The van der Waals surface area contributed by atoms with Gasteiger partial charge in [0.15, 0.2) is 5.82 Å².